The van der Waals surface area contributed by atoms with Crippen molar-refractivity contribution in [1.82, 2.24) is 0 Å². The van der Waals surface area contributed by atoms with E-state index in [0.29, 0.717) is 16.3 Å². The summed E-state index contributed by atoms with van der Waals surface area (Å²) in [5, 5.41) is 0.360. The second kappa shape index (κ2) is 5.92. The van der Waals surface area contributed by atoms with Crippen LogP contribution >= 0.6 is 11.6 Å². The molecule has 0 aliphatic heterocycles. The third kappa shape index (κ3) is 3.48. The van der Waals surface area contributed by atoms with E-state index in [1.54, 1.807) is 6.07 Å². The Hall–Kier alpha value is -2.07. The Morgan fingerprint density at radius 3 is 2.75 bits per heavy atom. The van der Waals surface area contributed by atoms with Crippen LogP contribution in [-0.2, 0) is 11.3 Å². The molecule has 0 heterocycles. The number of halogens is 2. The molecule has 0 bridgehead atoms. The molecule has 20 heavy (non-hydrogen) atoms. The van der Waals surface area contributed by atoms with Crippen molar-refractivity contribution in [1.29, 1.82) is 0 Å². The number of carbonyl (C=O) groups is 1. The molecule has 0 unspecified atom stereocenters. The average Bonchev–Trinajstić information content (AvgIpc) is 2.38. The molecule has 2 rings (SSSR count). The smallest absolute Gasteiger partial charge is 0.338 e. The van der Waals surface area contributed by atoms with Gasteiger partial charge in [0.1, 0.15) is 12.4 Å². The highest BCUT2D eigenvalue weighted by atomic mass is 35.5. The van der Waals surface area contributed by atoms with E-state index >= 15 is 0 Å². The van der Waals surface area contributed by atoms with Gasteiger partial charge in [-0.3, -0.25) is 0 Å². The first-order valence-electron chi connectivity index (χ1n) is 5.94. The highest BCUT2D eigenvalue weighted by Crippen LogP contribution is 2.18. The van der Waals surface area contributed by atoms with Crippen LogP contribution in [0.1, 0.15) is 21.5 Å². The monoisotopic (exact) mass is 293 g/mol. The number of esters is 1. The summed E-state index contributed by atoms with van der Waals surface area (Å²) in [6.07, 6.45) is 0. The van der Waals surface area contributed by atoms with Gasteiger partial charge in [-0.2, -0.15) is 0 Å². The van der Waals surface area contributed by atoms with Crippen LogP contribution in [0.15, 0.2) is 36.4 Å². The van der Waals surface area contributed by atoms with Crippen molar-refractivity contribution in [2.45, 2.75) is 13.5 Å². The van der Waals surface area contributed by atoms with Crippen molar-refractivity contribution >= 4 is 23.3 Å². The van der Waals surface area contributed by atoms with Crippen LogP contribution in [0, 0.1) is 12.7 Å². The van der Waals surface area contributed by atoms with Crippen molar-refractivity contribution < 1.29 is 13.9 Å². The summed E-state index contributed by atoms with van der Waals surface area (Å²) in [7, 11) is 0. The Morgan fingerprint density at radius 1 is 1.30 bits per heavy atom. The number of nitrogens with two attached hydrogens (primary N) is 1. The number of aryl methyl sites for hydroxylation is 1. The Kier molecular flexibility index (Phi) is 4.25. The Morgan fingerprint density at radius 2 is 2.05 bits per heavy atom. The largest absolute Gasteiger partial charge is 0.457 e. The molecular weight excluding hydrogens is 281 g/mol. The minimum atomic E-state index is -0.553. The summed E-state index contributed by atoms with van der Waals surface area (Å²) in [5.74, 6) is -0.920. The van der Waals surface area contributed by atoms with Gasteiger partial charge in [-0.1, -0.05) is 17.7 Å². The highest BCUT2D eigenvalue weighted by Gasteiger charge is 2.10. The van der Waals surface area contributed by atoms with Gasteiger partial charge in [-0.25, -0.2) is 9.18 Å². The zero-order chi connectivity index (χ0) is 14.7. The fourth-order valence-corrected chi connectivity index (χ4v) is 2.00. The number of anilines is 1. The van der Waals surface area contributed by atoms with Gasteiger partial charge in [-0.15, -0.1) is 0 Å². The van der Waals surface area contributed by atoms with Crippen LogP contribution in [0.2, 0.25) is 5.02 Å². The average molecular weight is 294 g/mol. The third-order valence-electron chi connectivity index (χ3n) is 2.83. The normalized spacial score (nSPS) is 10.3. The summed E-state index contributed by atoms with van der Waals surface area (Å²) >= 11 is 5.82. The molecule has 0 radical (unpaired) electrons. The summed E-state index contributed by atoms with van der Waals surface area (Å²) in [5.41, 5.74) is 7.73. The molecule has 0 fully saturated rings. The van der Waals surface area contributed by atoms with E-state index in [1.165, 1.54) is 30.3 Å². The molecule has 0 aromatic heterocycles. The second-order valence-electron chi connectivity index (χ2n) is 4.42. The highest BCUT2D eigenvalue weighted by molar-refractivity contribution is 6.31. The van der Waals surface area contributed by atoms with Crippen LogP contribution in [0.5, 0.6) is 0 Å². The van der Waals surface area contributed by atoms with Crippen molar-refractivity contribution in [3.8, 4) is 0 Å². The maximum atomic E-state index is 13.1. The van der Waals surface area contributed by atoms with Crippen molar-refractivity contribution in [3.63, 3.8) is 0 Å². The fraction of sp³-hybridized carbons (Fsp3) is 0.133. The molecule has 2 N–H and O–H groups in total. The number of nitrogen functional groups attached to an aromatic ring is 1. The molecule has 0 saturated heterocycles. The predicted molar refractivity (Wildman–Crippen MR) is 76.1 cm³/mol. The molecule has 0 spiro atoms. The van der Waals surface area contributed by atoms with Gasteiger partial charge in [-0.05, 0) is 48.4 Å². The Bertz CT molecular complexity index is 638. The molecule has 3 nitrogen and oxygen atoms in total. The number of hydrogen-bond acceptors (Lipinski definition) is 3. The number of hydrogen-bond donors (Lipinski definition) is 1. The summed E-state index contributed by atoms with van der Waals surface area (Å²) < 4.78 is 18.3. The van der Waals surface area contributed by atoms with Gasteiger partial charge in [0.05, 0.1) is 5.56 Å². The van der Waals surface area contributed by atoms with Crippen LogP contribution in [0.25, 0.3) is 0 Å². The van der Waals surface area contributed by atoms with E-state index in [9.17, 15) is 9.18 Å². The van der Waals surface area contributed by atoms with Gasteiger partial charge in [0.2, 0.25) is 0 Å². The predicted octanol–water partition coefficient (Wildman–Crippen LogP) is 3.73. The standard InChI is InChI=1S/C15H13ClFNO2/c1-9-2-3-13(17)5-11(9)8-20-15(19)10-4-12(16)7-14(18)6-10/h2-7H,8,18H2,1H3. The van der Waals surface area contributed by atoms with E-state index in [2.05, 4.69) is 0 Å². The first kappa shape index (κ1) is 14.3. The minimum absolute atomic E-state index is 0.00511. The van der Waals surface area contributed by atoms with Crippen LogP contribution in [0.3, 0.4) is 0 Å². The van der Waals surface area contributed by atoms with E-state index in [0.717, 1.165) is 5.56 Å². The molecule has 2 aromatic rings. The lowest BCUT2D eigenvalue weighted by molar-refractivity contribution is 0.0472. The quantitative estimate of drug-likeness (QED) is 0.693. The van der Waals surface area contributed by atoms with E-state index in [-0.39, 0.29) is 18.0 Å². The van der Waals surface area contributed by atoms with Crippen LogP contribution < -0.4 is 5.73 Å². The second-order valence-corrected chi connectivity index (χ2v) is 4.86. The lowest BCUT2D eigenvalue weighted by Gasteiger charge is -2.08. The fourth-order valence-electron chi connectivity index (χ4n) is 1.75. The molecule has 0 atom stereocenters. The van der Waals surface area contributed by atoms with Crippen LogP contribution in [0.4, 0.5) is 10.1 Å². The molecule has 5 heteroatoms. The van der Waals surface area contributed by atoms with Gasteiger partial charge >= 0.3 is 5.97 Å². The Balaban J connectivity index is 2.10. The van der Waals surface area contributed by atoms with E-state index in [4.69, 9.17) is 22.1 Å². The van der Waals surface area contributed by atoms with Gasteiger partial charge in [0.15, 0.2) is 0 Å². The number of carbonyl (C=O) groups excluding carboxylic acids is 1. The van der Waals surface area contributed by atoms with Crippen molar-refractivity contribution in [2.24, 2.45) is 0 Å². The number of ether oxygens (including phenoxy) is 1. The van der Waals surface area contributed by atoms with Crippen molar-refractivity contribution in [2.75, 3.05) is 5.73 Å². The van der Waals surface area contributed by atoms with Crippen LogP contribution in [-0.4, -0.2) is 5.97 Å². The maximum Gasteiger partial charge on any atom is 0.338 e. The molecular formula is C15H13ClFNO2. The van der Waals surface area contributed by atoms with Gasteiger partial charge in [0, 0.05) is 10.7 Å². The van der Waals surface area contributed by atoms with Gasteiger partial charge in [0.25, 0.3) is 0 Å². The van der Waals surface area contributed by atoms with Crippen molar-refractivity contribution in [3.05, 3.63) is 63.9 Å². The van der Waals surface area contributed by atoms with Gasteiger partial charge < -0.3 is 10.5 Å². The SMILES string of the molecule is Cc1ccc(F)cc1COC(=O)c1cc(N)cc(Cl)c1. The molecule has 104 valence electrons. The number of rotatable bonds is 3. The lowest BCUT2D eigenvalue weighted by atomic mass is 10.1. The maximum absolute atomic E-state index is 13.1. The molecule has 0 amide bonds. The minimum Gasteiger partial charge on any atom is -0.457 e. The third-order valence-corrected chi connectivity index (χ3v) is 3.04. The van der Waals surface area contributed by atoms with E-state index in [1.807, 2.05) is 6.92 Å². The topological polar surface area (TPSA) is 52.3 Å². The number of benzene rings is 2. The molecule has 0 saturated carbocycles. The first-order valence-corrected chi connectivity index (χ1v) is 6.32. The zero-order valence-electron chi connectivity index (χ0n) is 10.8. The molecule has 2 aromatic carbocycles. The summed E-state index contributed by atoms with van der Waals surface area (Å²) in [6.45, 7) is 1.81. The lowest BCUT2D eigenvalue weighted by Crippen LogP contribution is -2.07. The zero-order valence-corrected chi connectivity index (χ0v) is 11.6. The summed E-state index contributed by atoms with van der Waals surface area (Å²) in [4.78, 5) is 11.9. The molecule has 0 aliphatic rings. The molecule has 0 aliphatic carbocycles. The van der Waals surface area contributed by atoms with E-state index < -0.39 is 5.97 Å². The first-order chi connectivity index (χ1) is 9.45. The summed E-state index contributed by atoms with van der Waals surface area (Å²) in [6, 6.07) is 8.82. The Labute approximate surface area is 121 Å².